The maximum atomic E-state index is 11.7. The van der Waals surface area contributed by atoms with Crippen LogP contribution >= 0.6 is 34.5 Å². The number of thiophene rings is 1. The quantitative estimate of drug-likeness (QED) is 0.644. The summed E-state index contributed by atoms with van der Waals surface area (Å²) in [6.07, 6.45) is 2.89. The van der Waals surface area contributed by atoms with Crippen molar-refractivity contribution in [3.63, 3.8) is 0 Å². The standard InChI is InChI=1S/C15H11Cl2NO3S/c16-11-4-1-5-12(15(11)17)18-13(19)9-21-14(20)7-6-10-3-2-8-22-10/h1-8H,9H2,(H,18,19). The van der Waals surface area contributed by atoms with Crippen LogP contribution in [0.4, 0.5) is 5.69 Å². The normalized spacial score (nSPS) is 10.6. The zero-order valence-corrected chi connectivity index (χ0v) is 13.5. The van der Waals surface area contributed by atoms with E-state index in [1.165, 1.54) is 17.4 Å². The molecule has 0 saturated heterocycles. The largest absolute Gasteiger partial charge is 0.452 e. The zero-order valence-electron chi connectivity index (χ0n) is 11.2. The molecule has 0 fully saturated rings. The molecule has 2 rings (SSSR count). The predicted octanol–water partition coefficient (Wildman–Crippen LogP) is 4.25. The molecule has 1 aromatic carbocycles. The Morgan fingerprint density at radius 1 is 1.23 bits per heavy atom. The third kappa shape index (κ3) is 4.87. The second-order valence-corrected chi connectivity index (χ2v) is 5.87. The summed E-state index contributed by atoms with van der Waals surface area (Å²) in [7, 11) is 0. The number of carbonyl (C=O) groups is 2. The van der Waals surface area contributed by atoms with E-state index in [2.05, 4.69) is 5.32 Å². The number of halogens is 2. The SMILES string of the molecule is O=C(COC(=O)C=Cc1cccs1)Nc1cccc(Cl)c1Cl. The van der Waals surface area contributed by atoms with Gasteiger partial charge in [-0.2, -0.15) is 0 Å². The second kappa shape index (κ2) is 7.98. The van der Waals surface area contributed by atoms with Gasteiger partial charge in [-0.25, -0.2) is 4.79 Å². The van der Waals surface area contributed by atoms with E-state index < -0.39 is 18.5 Å². The lowest BCUT2D eigenvalue weighted by Crippen LogP contribution is -2.20. The van der Waals surface area contributed by atoms with Crippen LogP contribution in [-0.2, 0) is 14.3 Å². The number of nitrogens with one attached hydrogen (secondary N) is 1. The lowest BCUT2D eigenvalue weighted by atomic mass is 10.3. The summed E-state index contributed by atoms with van der Waals surface area (Å²) >= 11 is 13.3. The molecule has 0 unspecified atom stereocenters. The number of amides is 1. The molecule has 0 radical (unpaired) electrons. The highest BCUT2D eigenvalue weighted by Gasteiger charge is 2.09. The van der Waals surface area contributed by atoms with Crippen molar-refractivity contribution < 1.29 is 14.3 Å². The van der Waals surface area contributed by atoms with Crippen molar-refractivity contribution in [2.45, 2.75) is 0 Å². The lowest BCUT2D eigenvalue weighted by molar-refractivity contribution is -0.142. The first-order valence-electron chi connectivity index (χ1n) is 6.18. The molecule has 22 heavy (non-hydrogen) atoms. The number of anilines is 1. The van der Waals surface area contributed by atoms with E-state index in [9.17, 15) is 9.59 Å². The van der Waals surface area contributed by atoms with Crippen LogP contribution in [0.1, 0.15) is 4.88 Å². The van der Waals surface area contributed by atoms with Crippen molar-refractivity contribution in [1.82, 2.24) is 0 Å². The van der Waals surface area contributed by atoms with Gasteiger partial charge in [0.05, 0.1) is 15.7 Å². The number of ether oxygens (including phenoxy) is 1. The van der Waals surface area contributed by atoms with Crippen molar-refractivity contribution in [3.8, 4) is 0 Å². The molecule has 0 saturated carbocycles. The Hall–Kier alpha value is -1.82. The van der Waals surface area contributed by atoms with Crippen molar-refractivity contribution in [3.05, 3.63) is 56.7 Å². The van der Waals surface area contributed by atoms with Crippen molar-refractivity contribution in [2.75, 3.05) is 11.9 Å². The molecule has 1 N–H and O–H groups in total. The average molecular weight is 356 g/mol. The topological polar surface area (TPSA) is 55.4 Å². The molecule has 1 heterocycles. The zero-order chi connectivity index (χ0) is 15.9. The molecular weight excluding hydrogens is 345 g/mol. The van der Waals surface area contributed by atoms with Crippen LogP contribution < -0.4 is 5.32 Å². The summed E-state index contributed by atoms with van der Waals surface area (Å²) in [6, 6.07) is 8.60. The van der Waals surface area contributed by atoms with Crippen LogP contribution in [0.3, 0.4) is 0 Å². The van der Waals surface area contributed by atoms with E-state index in [1.54, 1.807) is 24.3 Å². The molecular formula is C15H11Cl2NO3S. The Morgan fingerprint density at radius 2 is 2.05 bits per heavy atom. The fourth-order valence-electron chi connectivity index (χ4n) is 1.51. The van der Waals surface area contributed by atoms with Crippen LogP contribution in [0, 0.1) is 0 Å². The summed E-state index contributed by atoms with van der Waals surface area (Å²) in [6.45, 7) is -0.406. The first-order chi connectivity index (χ1) is 10.6. The molecule has 0 aliphatic carbocycles. The minimum absolute atomic E-state index is 0.237. The Bertz CT molecular complexity index is 699. The van der Waals surface area contributed by atoms with Gasteiger partial charge in [-0.3, -0.25) is 4.79 Å². The minimum atomic E-state index is -0.597. The van der Waals surface area contributed by atoms with Crippen LogP contribution in [0.15, 0.2) is 41.8 Å². The fraction of sp³-hybridized carbons (Fsp3) is 0.0667. The number of esters is 1. The van der Waals surface area contributed by atoms with Gasteiger partial charge in [0.1, 0.15) is 0 Å². The molecule has 0 spiro atoms. The summed E-state index contributed by atoms with van der Waals surface area (Å²) in [5.74, 6) is -1.09. The molecule has 7 heteroatoms. The van der Waals surface area contributed by atoms with Gasteiger partial charge in [0.2, 0.25) is 0 Å². The Morgan fingerprint density at radius 3 is 2.77 bits per heavy atom. The van der Waals surface area contributed by atoms with E-state index in [1.807, 2.05) is 17.5 Å². The summed E-state index contributed by atoms with van der Waals surface area (Å²) < 4.78 is 4.84. The molecule has 1 aromatic heterocycles. The van der Waals surface area contributed by atoms with Gasteiger partial charge in [0.15, 0.2) is 6.61 Å². The Labute approximate surface area is 141 Å². The van der Waals surface area contributed by atoms with Crippen molar-refractivity contribution in [1.29, 1.82) is 0 Å². The molecule has 0 bridgehead atoms. The highest BCUT2D eigenvalue weighted by Crippen LogP contribution is 2.29. The third-order valence-electron chi connectivity index (χ3n) is 2.50. The van der Waals surface area contributed by atoms with Gasteiger partial charge in [0.25, 0.3) is 5.91 Å². The Balaban J connectivity index is 1.82. The van der Waals surface area contributed by atoms with Crippen molar-refractivity contribution in [2.24, 2.45) is 0 Å². The maximum absolute atomic E-state index is 11.7. The van der Waals surface area contributed by atoms with E-state index >= 15 is 0 Å². The van der Waals surface area contributed by atoms with E-state index in [4.69, 9.17) is 27.9 Å². The number of hydrogen-bond donors (Lipinski definition) is 1. The summed E-state index contributed by atoms with van der Waals surface area (Å²) in [4.78, 5) is 24.1. The van der Waals surface area contributed by atoms with Gasteiger partial charge < -0.3 is 10.1 Å². The smallest absolute Gasteiger partial charge is 0.331 e. The van der Waals surface area contributed by atoms with E-state index in [-0.39, 0.29) is 5.02 Å². The van der Waals surface area contributed by atoms with Gasteiger partial charge in [-0.1, -0.05) is 35.3 Å². The molecule has 2 aromatic rings. The number of carbonyl (C=O) groups excluding carboxylic acids is 2. The van der Waals surface area contributed by atoms with Crippen LogP contribution in [-0.4, -0.2) is 18.5 Å². The highest BCUT2D eigenvalue weighted by atomic mass is 35.5. The molecule has 4 nitrogen and oxygen atoms in total. The number of rotatable bonds is 5. The third-order valence-corrected chi connectivity index (χ3v) is 4.15. The van der Waals surface area contributed by atoms with E-state index in [0.29, 0.717) is 10.7 Å². The second-order valence-electron chi connectivity index (χ2n) is 4.11. The van der Waals surface area contributed by atoms with Crippen molar-refractivity contribution >= 4 is 58.2 Å². The van der Waals surface area contributed by atoms with E-state index in [0.717, 1.165) is 4.88 Å². The van der Waals surface area contributed by atoms with Gasteiger partial charge in [-0.05, 0) is 29.7 Å². The summed E-state index contributed by atoms with van der Waals surface area (Å²) in [5, 5.41) is 4.98. The van der Waals surface area contributed by atoms with Crippen LogP contribution in [0.2, 0.25) is 10.0 Å². The number of hydrogen-bond acceptors (Lipinski definition) is 4. The fourth-order valence-corrected chi connectivity index (χ4v) is 2.47. The maximum Gasteiger partial charge on any atom is 0.331 e. The monoisotopic (exact) mass is 355 g/mol. The predicted molar refractivity (Wildman–Crippen MR) is 89.4 cm³/mol. The molecule has 0 atom stereocenters. The Kier molecular flexibility index (Phi) is 6.00. The average Bonchev–Trinajstić information content (AvgIpc) is 3.01. The van der Waals surface area contributed by atoms with Gasteiger partial charge in [-0.15, -0.1) is 11.3 Å². The van der Waals surface area contributed by atoms with Crippen LogP contribution in [0.25, 0.3) is 6.08 Å². The molecule has 114 valence electrons. The summed E-state index contributed by atoms with van der Waals surface area (Å²) in [5.41, 5.74) is 0.365. The lowest BCUT2D eigenvalue weighted by Gasteiger charge is -2.08. The first kappa shape index (κ1) is 16.5. The number of benzene rings is 1. The molecule has 0 aliphatic heterocycles. The first-order valence-corrected chi connectivity index (χ1v) is 7.82. The highest BCUT2D eigenvalue weighted by molar-refractivity contribution is 7.10. The minimum Gasteiger partial charge on any atom is -0.452 e. The molecule has 0 aliphatic rings. The van der Waals surface area contributed by atoms with Gasteiger partial charge in [0, 0.05) is 11.0 Å². The van der Waals surface area contributed by atoms with Crippen LogP contribution in [0.5, 0.6) is 0 Å². The van der Waals surface area contributed by atoms with Gasteiger partial charge >= 0.3 is 5.97 Å². The molecule has 1 amide bonds.